The number of hydrogen-bond acceptors (Lipinski definition) is 2. The van der Waals surface area contributed by atoms with Crippen molar-refractivity contribution in [3.05, 3.63) is 65.9 Å². The van der Waals surface area contributed by atoms with Crippen LogP contribution in [0.1, 0.15) is 17.2 Å². The van der Waals surface area contributed by atoms with Crippen molar-refractivity contribution in [2.75, 3.05) is 12.8 Å². The van der Waals surface area contributed by atoms with E-state index in [2.05, 4.69) is 59.5 Å². The molecule has 102 valence electrons. The Balaban J connectivity index is 2.14. The number of fused-ring (bicyclic) bond motifs is 1. The summed E-state index contributed by atoms with van der Waals surface area (Å²) < 4.78 is 2.17. The third-order valence-corrected chi connectivity index (χ3v) is 3.80. The van der Waals surface area contributed by atoms with Crippen LogP contribution in [0.5, 0.6) is 0 Å². The molecule has 3 rings (SSSR count). The molecule has 1 aromatic heterocycles. The second kappa shape index (κ2) is 5.02. The number of nitrogens with two attached hydrogens (primary N) is 1. The van der Waals surface area contributed by atoms with Crippen LogP contribution < -0.4 is 11.1 Å². The summed E-state index contributed by atoms with van der Waals surface area (Å²) in [6.07, 6.45) is 2.20. The van der Waals surface area contributed by atoms with Gasteiger partial charge in [0.2, 0.25) is 0 Å². The zero-order valence-corrected chi connectivity index (χ0v) is 11.8. The number of para-hydroxylation sites is 1. The van der Waals surface area contributed by atoms with Crippen LogP contribution in [0.25, 0.3) is 10.9 Å². The minimum atomic E-state index is 0.168. The lowest BCUT2D eigenvalue weighted by Crippen LogP contribution is -2.17. The van der Waals surface area contributed by atoms with Gasteiger partial charge >= 0.3 is 0 Å². The Morgan fingerprint density at radius 2 is 1.75 bits per heavy atom. The molecule has 1 atom stereocenters. The number of nitrogen functional groups attached to an aromatic ring is 1. The average Bonchev–Trinajstić information content (AvgIpc) is 2.80. The van der Waals surface area contributed by atoms with Gasteiger partial charge in [0.25, 0.3) is 0 Å². The van der Waals surface area contributed by atoms with Crippen molar-refractivity contribution in [2.45, 2.75) is 6.04 Å². The first-order valence-electron chi connectivity index (χ1n) is 6.77. The quantitative estimate of drug-likeness (QED) is 0.715. The molecule has 3 heteroatoms. The molecular formula is C17H19N3. The second-order valence-corrected chi connectivity index (χ2v) is 5.10. The van der Waals surface area contributed by atoms with Gasteiger partial charge in [-0.25, -0.2) is 0 Å². The van der Waals surface area contributed by atoms with E-state index in [1.807, 2.05) is 19.2 Å². The van der Waals surface area contributed by atoms with E-state index in [0.717, 1.165) is 5.69 Å². The lowest BCUT2D eigenvalue weighted by Gasteiger charge is -2.16. The highest BCUT2D eigenvalue weighted by molar-refractivity contribution is 5.84. The van der Waals surface area contributed by atoms with Crippen molar-refractivity contribution in [3.63, 3.8) is 0 Å². The van der Waals surface area contributed by atoms with Gasteiger partial charge in [0.1, 0.15) is 0 Å². The van der Waals surface area contributed by atoms with E-state index in [9.17, 15) is 0 Å². The molecule has 0 amide bonds. The van der Waals surface area contributed by atoms with Crippen LogP contribution in [0.2, 0.25) is 0 Å². The van der Waals surface area contributed by atoms with Crippen LogP contribution in [0.15, 0.2) is 54.7 Å². The summed E-state index contributed by atoms with van der Waals surface area (Å²) in [7, 11) is 4.07. The lowest BCUT2D eigenvalue weighted by molar-refractivity contribution is 0.693. The predicted octanol–water partition coefficient (Wildman–Crippen LogP) is 3.07. The number of nitrogens with one attached hydrogen (secondary N) is 1. The van der Waals surface area contributed by atoms with Crippen molar-refractivity contribution < 1.29 is 0 Å². The van der Waals surface area contributed by atoms with Crippen LogP contribution in [-0.2, 0) is 7.05 Å². The summed E-state index contributed by atoms with van der Waals surface area (Å²) in [5.74, 6) is 0. The van der Waals surface area contributed by atoms with Gasteiger partial charge in [-0.05, 0) is 36.4 Å². The third-order valence-electron chi connectivity index (χ3n) is 3.80. The van der Waals surface area contributed by atoms with Crippen LogP contribution in [-0.4, -0.2) is 11.6 Å². The maximum atomic E-state index is 5.78. The van der Waals surface area contributed by atoms with Crippen LogP contribution in [0, 0.1) is 0 Å². The monoisotopic (exact) mass is 265 g/mol. The van der Waals surface area contributed by atoms with Gasteiger partial charge in [-0.2, -0.15) is 0 Å². The van der Waals surface area contributed by atoms with E-state index in [0.29, 0.717) is 0 Å². The number of anilines is 1. The average molecular weight is 265 g/mol. The van der Waals surface area contributed by atoms with E-state index >= 15 is 0 Å². The number of hydrogen-bond donors (Lipinski definition) is 2. The summed E-state index contributed by atoms with van der Waals surface area (Å²) >= 11 is 0. The fourth-order valence-corrected chi connectivity index (χ4v) is 2.79. The highest BCUT2D eigenvalue weighted by atomic mass is 14.9. The van der Waals surface area contributed by atoms with Crippen molar-refractivity contribution in [1.82, 2.24) is 9.88 Å². The normalized spacial score (nSPS) is 12.7. The number of nitrogens with zero attached hydrogens (tertiary/aromatic N) is 1. The fraction of sp³-hybridized carbons (Fsp3) is 0.176. The van der Waals surface area contributed by atoms with Crippen molar-refractivity contribution in [3.8, 4) is 0 Å². The first kappa shape index (κ1) is 12.8. The molecule has 0 saturated heterocycles. The highest BCUT2D eigenvalue weighted by Crippen LogP contribution is 2.30. The predicted molar refractivity (Wildman–Crippen MR) is 84.7 cm³/mol. The molecule has 0 saturated carbocycles. The minimum Gasteiger partial charge on any atom is -0.399 e. The van der Waals surface area contributed by atoms with Gasteiger partial charge in [-0.3, -0.25) is 0 Å². The molecule has 3 N–H and O–H groups in total. The first-order chi connectivity index (χ1) is 9.70. The summed E-state index contributed by atoms with van der Waals surface area (Å²) in [4.78, 5) is 0. The minimum absolute atomic E-state index is 0.168. The Morgan fingerprint density at radius 3 is 2.45 bits per heavy atom. The van der Waals surface area contributed by atoms with Gasteiger partial charge < -0.3 is 15.6 Å². The molecule has 0 aliphatic carbocycles. The van der Waals surface area contributed by atoms with Crippen molar-refractivity contribution in [1.29, 1.82) is 0 Å². The zero-order chi connectivity index (χ0) is 14.1. The van der Waals surface area contributed by atoms with E-state index < -0.39 is 0 Å². The van der Waals surface area contributed by atoms with Gasteiger partial charge in [0.15, 0.2) is 0 Å². The first-order valence-corrected chi connectivity index (χ1v) is 6.77. The Morgan fingerprint density at radius 1 is 1.05 bits per heavy atom. The van der Waals surface area contributed by atoms with Gasteiger partial charge in [-0.1, -0.05) is 30.3 Å². The molecular weight excluding hydrogens is 246 g/mol. The summed E-state index contributed by atoms with van der Waals surface area (Å²) in [5, 5.41) is 4.69. The molecule has 1 heterocycles. The summed E-state index contributed by atoms with van der Waals surface area (Å²) in [5.41, 5.74) is 10.3. The van der Waals surface area contributed by atoms with Gasteiger partial charge in [-0.15, -0.1) is 0 Å². The van der Waals surface area contributed by atoms with E-state index in [1.54, 1.807) is 0 Å². The molecule has 0 bridgehead atoms. The van der Waals surface area contributed by atoms with E-state index in [1.165, 1.54) is 22.0 Å². The second-order valence-electron chi connectivity index (χ2n) is 5.10. The van der Waals surface area contributed by atoms with Crippen molar-refractivity contribution in [2.24, 2.45) is 7.05 Å². The maximum absolute atomic E-state index is 5.78. The summed E-state index contributed by atoms with van der Waals surface area (Å²) in [6, 6.07) is 16.7. The molecule has 2 aromatic carbocycles. The standard InChI is InChI=1S/C17H19N3/c1-19-17(12-7-9-13(18)10-8-12)15-11-20(2)16-6-4-3-5-14(15)16/h3-11,17,19H,18H2,1-2H3. The Hall–Kier alpha value is -2.26. The zero-order valence-electron chi connectivity index (χ0n) is 11.8. The molecule has 0 fully saturated rings. The Labute approximate surface area is 119 Å². The van der Waals surface area contributed by atoms with Gasteiger partial charge in [0.05, 0.1) is 6.04 Å². The highest BCUT2D eigenvalue weighted by Gasteiger charge is 2.17. The third kappa shape index (κ3) is 2.06. The molecule has 0 radical (unpaired) electrons. The topological polar surface area (TPSA) is 43.0 Å². The fourth-order valence-electron chi connectivity index (χ4n) is 2.79. The molecule has 3 aromatic rings. The SMILES string of the molecule is CNC(c1ccc(N)cc1)c1cn(C)c2ccccc12. The number of rotatable bonds is 3. The van der Waals surface area contributed by atoms with Crippen LogP contribution in [0.3, 0.4) is 0 Å². The van der Waals surface area contributed by atoms with E-state index in [-0.39, 0.29) is 6.04 Å². The van der Waals surface area contributed by atoms with Crippen molar-refractivity contribution >= 4 is 16.6 Å². The molecule has 0 aliphatic heterocycles. The number of aryl methyl sites for hydroxylation is 1. The Kier molecular flexibility index (Phi) is 3.20. The van der Waals surface area contributed by atoms with E-state index in [4.69, 9.17) is 5.73 Å². The largest absolute Gasteiger partial charge is 0.399 e. The molecule has 0 spiro atoms. The molecule has 0 aliphatic rings. The Bertz CT molecular complexity index is 726. The molecule has 1 unspecified atom stereocenters. The number of benzene rings is 2. The lowest BCUT2D eigenvalue weighted by atomic mass is 9.98. The molecule has 20 heavy (non-hydrogen) atoms. The maximum Gasteiger partial charge on any atom is 0.0595 e. The van der Waals surface area contributed by atoms with Crippen LogP contribution in [0.4, 0.5) is 5.69 Å². The smallest absolute Gasteiger partial charge is 0.0595 e. The summed E-state index contributed by atoms with van der Waals surface area (Å²) in [6.45, 7) is 0. The van der Waals surface area contributed by atoms with Crippen LogP contribution >= 0.6 is 0 Å². The van der Waals surface area contributed by atoms with Gasteiger partial charge in [0, 0.05) is 29.8 Å². The molecule has 3 nitrogen and oxygen atoms in total. The number of aromatic nitrogens is 1.